The van der Waals surface area contributed by atoms with E-state index in [1.165, 1.54) is 12.8 Å². The summed E-state index contributed by atoms with van der Waals surface area (Å²) in [7, 11) is 3.40. The summed E-state index contributed by atoms with van der Waals surface area (Å²) >= 11 is 0. The van der Waals surface area contributed by atoms with Crippen LogP contribution in [0.4, 0.5) is 5.69 Å². The van der Waals surface area contributed by atoms with Crippen molar-refractivity contribution in [2.45, 2.75) is 76.7 Å². The second-order valence-electron chi connectivity index (χ2n) is 13.4. The van der Waals surface area contributed by atoms with Crippen LogP contribution >= 0.6 is 0 Å². The number of carboxylic acid groups (broad SMARTS) is 2. The van der Waals surface area contributed by atoms with Gasteiger partial charge in [-0.15, -0.1) is 0 Å². The van der Waals surface area contributed by atoms with Crippen LogP contribution in [0.2, 0.25) is 0 Å². The average Bonchev–Trinajstić information content (AvgIpc) is 3.15. The first kappa shape index (κ1) is 38.4. The van der Waals surface area contributed by atoms with Crippen LogP contribution in [0.3, 0.4) is 0 Å². The molecule has 1 saturated heterocycles. The molecule has 2 amide bonds. The van der Waals surface area contributed by atoms with E-state index >= 15 is 0 Å². The van der Waals surface area contributed by atoms with E-state index in [0.717, 1.165) is 100 Å². The SMILES string of the molecule is COc1ccc(C[C@H](CN2CCN(c3ccccc3OC)CC2)N(C(=O)C2CCCCC2)C(=O)C2CCCCC2)cc1.O=C(O)/C=C/C(=O)O. The smallest absolute Gasteiger partial charge is 0.328 e. The first-order chi connectivity index (χ1) is 24.2. The molecule has 272 valence electrons. The zero-order chi connectivity index (χ0) is 35.9. The van der Waals surface area contributed by atoms with E-state index < -0.39 is 11.9 Å². The van der Waals surface area contributed by atoms with Gasteiger partial charge in [0.15, 0.2) is 0 Å². The van der Waals surface area contributed by atoms with E-state index in [2.05, 4.69) is 34.1 Å². The Morgan fingerprint density at radius 3 is 1.74 bits per heavy atom. The summed E-state index contributed by atoms with van der Waals surface area (Å²) in [6.07, 6.45) is 12.1. The van der Waals surface area contributed by atoms with Crippen molar-refractivity contribution in [1.29, 1.82) is 0 Å². The Labute approximate surface area is 295 Å². The van der Waals surface area contributed by atoms with Crippen molar-refractivity contribution in [3.05, 3.63) is 66.2 Å². The maximum Gasteiger partial charge on any atom is 0.328 e. The van der Waals surface area contributed by atoms with Gasteiger partial charge in [-0.05, 0) is 61.9 Å². The van der Waals surface area contributed by atoms with Gasteiger partial charge in [-0.2, -0.15) is 0 Å². The van der Waals surface area contributed by atoms with Crippen LogP contribution in [0.25, 0.3) is 0 Å². The molecule has 1 aliphatic heterocycles. The quantitative estimate of drug-likeness (QED) is 0.212. The minimum atomic E-state index is -1.26. The molecule has 50 heavy (non-hydrogen) atoms. The number of hydrogen-bond donors (Lipinski definition) is 2. The molecule has 0 radical (unpaired) electrons. The Morgan fingerprint density at radius 1 is 0.740 bits per heavy atom. The number of para-hydroxylation sites is 2. The Balaban J connectivity index is 0.000000627. The number of ether oxygens (including phenoxy) is 2. The highest BCUT2D eigenvalue weighted by Gasteiger charge is 2.39. The number of methoxy groups -OCH3 is 2. The van der Waals surface area contributed by atoms with Gasteiger partial charge >= 0.3 is 11.9 Å². The van der Waals surface area contributed by atoms with Crippen LogP contribution in [0.1, 0.15) is 69.8 Å². The molecule has 2 aromatic rings. The van der Waals surface area contributed by atoms with Gasteiger partial charge in [-0.3, -0.25) is 19.4 Å². The normalized spacial score (nSPS) is 18.1. The fraction of sp³-hybridized carbons (Fsp3) is 0.538. The lowest BCUT2D eigenvalue weighted by molar-refractivity contribution is -0.155. The van der Waals surface area contributed by atoms with Gasteiger partial charge in [-0.25, -0.2) is 9.59 Å². The lowest BCUT2D eigenvalue weighted by atomic mass is 9.85. The van der Waals surface area contributed by atoms with Crippen molar-refractivity contribution in [3.63, 3.8) is 0 Å². The van der Waals surface area contributed by atoms with Gasteiger partial charge in [0.05, 0.1) is 25.9 Å². The Morgan fingerprint density at radius 2 is 1.26 bits per heavy atom. The highest BCUT2D eigenvalue weighted by atomic mass is 16.5. The molecule has 2 saturated carbocycles. The van der Waals surface area contributed by atoms with E-state index in [4.69, 9.17) is 19.7 Å². The van der Waals surface area contributed by atoms with E-state index in [1.807, 2.05) is 24.3 Å². The second kappa shape index (κ2) is 19.7. The molecule has 2 aromatic carbocycles. The van der Waals surface area contributed by atoms with E-state index in [-0.39, 0.29) is 29.7 Å². The molecule has 11 nitrogen and oxygen atoms in total. The number of nitrogens with zero attached hydrogens (tertiary/aromatic N) is 3. The zero-order valence-corrected chi connectivity index (χ0v) is 29.5. The molecular weight excluding hydrogens is 638 g/mol. The maximum atomic E-state index is 14.3. The summed E-state index contributed by atoms with van der Waals surface area (Å²) in [5.41, 5.74) is 2.25. The van der Waals surface area contributed by atoms with Crippen LogP contribution in [0.5, 0.6) is 11.5 Å². The molecule has 0 bridgehead atoms. The molecular formula is C39H53N3O8. The number of aliphatic carboxylic acids is 2. The number of benzene rings is 2. The fourth-order valence-corrected chi connectivity index (χ4v) is 7.34. The minimum absolute atomic E-state index is 0.0351. The second-order valence-corrected chi connectivity index (χ2v) is 13.4. The van der Waals surface area contributed by atoms with Crippen molar-refractivity contribution in [2.24, 2.45) is 11.8 Å². The van der Waals surface area contributed by atoms with E-state index in [0.29, 0.717) is 25.1 Å². The Bertz CT molecular complexity index is 1380. The molecule has 0 aromatic heterocycles. The number of carboxylic acids is 2. The van der Waals surface area contributed by atoms with Crippen LogP contribution < -0.4 is 14.4 Å². The lowest BCUT2D eigenvalue weighted by Gasteiger charge is -2.42. The monoisotopic (exact) mass is 691 g/mol. The Hall–Kier alpha value is -4.38. The minimum Gasteiger partial charge on any atom is -0.497 e. The van der Waals surface area contributed by atoms with Crippen molar-refractivity contribution in [2.75, 3.05) is 51.8 Å². The number of carbonyl (C=O) groups excluding carboxylic acids is 2. The first-order valence-corrected chi connectivity index (χ1v) is 17.9. The summed E-state index contributed by atoms with van der Waals surface area (Å²) in [6, 6.07) is 16.1. The molecule has 0 unspecified atom stereocenters. The van der Waals surface area contributed by atoms with Gasteiger partial charge in [0, 0.05) is 56.7 Å². The molecule has 3 fully saturated rings. The van der Waals surface area contributed by atoms with Crippen molar-refractivity contribution >= 4 is 29.4 Å². The third-order valence-electron chi connectivity index (χ3n) is 10.0. The van der Waals surface area contributed by atoms with Gasteiger partial charge in [0.1, 0.15) is 11.5 Å². The van der Waals surface area contributed by atoms with Gasteiger partial charge in [-0.1, -0.05) is 62.8 Å². The van der Waals surface area contributed by atoms with Crippen LogP contribution in [0, 0.1) is 11.8 Å². The lowest BCUT2D eigenvalue weighted by Crippen LogP contribution is -2.57. The average molecular weight is 692 g/mol. The third kappa shape index (κ3) is 11.3. The summed E-state index contributed by atoms with van der Waals surface area (Å²) in [5.74, 6) is -0.714. The summed E-state index contributed by atoms with van der Waals surface area (Å²) < 4.78 is 11.0. The number of piperazine rings is 1. The molecule has 0 spiro atoms. The van der Waals surface area contributed by atoms with E-state index in [1.54, 1.807) is 19.1 Å². The third-order valence-corrected chi connectivity index (χ3v) is 10.0. The summed E-state index contributed by atoms with van der Waals surface area (Å²) in [4.78, 5) is 54.3. The number of imide groups is 1. The standard InChI is InChI=1S/C35H49N3O4.C4H4O4/c1-41-31-19-17-27(18-20-31)25-30(26-36-21-23-37(24-22-36)32-15-9-10-16-33(32)42-2)38(34(39)28-11-5-3-6-12-28)35(40)29-13-7-4-8-14-29;5-3(6)1-2-4(7)8/h9-10,15-20,28-30H,3-8,11-14,21-26H2,1-2H3;1-2H,(H,5,6)(H,7,8)/b;2-1+/t30-;/m1./s1. The van der Waals surface area contributed by atoms with Gasteiger partial charge < -0.3 is 24.6 Å². The predicted octanol–water partition coefficient (Wildman–Crippen LogP) is 5.66. The molecule has 5 rings (SSSR count). The van der Waals surface area contributed by atoms with Crippen LogP contribution in [-0.2, 0) is 25.6 Å². The number of rotatable bonds is 12. The van der Waals surface area contributed by atoms with Gasteiger partial charge in [0.25, 0.3) is 0 Å². The number of amides is 2. The van der Waals surface area contributed by atoms with Crippen LogP contribution in [0.15, 0.2) is 60.7 Å². The zero-order valence-electron chi connectivity index (χ0n) is 29.5. The van der Waals surface area contributed by atoms with Crippen molar-refractivity contribution in [1.82, 2.24) is 9.80 Å². The largest absolute Gasteiger partial charge is 0.497 e. The first-order valence-electron chi connectivity index (χ1n) is 17.9. The highest BCUT2D eigenvalue weighted by molar-refractivity contribution is 5.98. The number of anilines is 1. The predicted molar refractivity (Wildman–Crippen MR) is 192 cm³/mol. The van der Waals surface area contributed by atoms with Gasteiger partial charge in [0.2, 0.25) is 11.8 Å². The molecule has 1 atom stereocenters. The number of carbonyl (C=O) groups is 4. The summed E-state index contributed by atoms with van der Waals surface area (Å²) in [6.45, 7) is 4.20. The number of hydrogen-bond acceptors (Lipinski definition) is 8. The van der Waals surface area contributed by atoms with E-state index in [9.17, 15) is 19.2 Å². The van der Waals surface area contributed by atoms with Crippen molar-refractivity contribution < 1.29 is 38.9 Å². The molecule has 2 N–H and O–H groups in total. The fourth-order valence-electron chi connectivity index (χ4n) is 7.34. The molecule has 1 heterocycles. The molecule has 3 aliphatic rings. The molecule has 11 heteroatoms. The highest BCUT2D eigenvalue weighted by Crippen LogP contribution is 2.32. The van der Waals surface area contributed by atoms with Crippen molar-refractivity contribution in [3.8, 4) is 11.5 Å². The topological polar surface area (TPSA) is 137 Å². The van der Waals surface area contributed by atoms with Crippen LogP contribution in [-0.4, -0.2) is 96.8 Å². The summed E-state index contributed by atoms with van der Waals surface area (Å²) in [5, 5.41) is 15.6. The Kier molecular flexibility index (Phi) is 15.2. The molecule has 2 aliphatic carbocycles. The maximum absolute atomic E-state index is 14.3.